The van der Waals surface area contributed by atoms with Crippen LogP contribution in [0.2, 0.25) is 5.02 Å². The number of carbonyl (C=O) groups is 2. The molecule has 1 aromatic rings. The molecule has 5 heteroatoms. The highest BCUT2D eigenvalue weighted by molar-refractivity contribution is 6.30. The number of carbonyl (C=O) groups excluding carboxylic acids is 2. The topological polar surface area (TPSA) is 66.4 Å². The molecule has 0 fully saturated rings. The van der Waals surface area contributed by atoms with Crippen molar-refractivity contribution >= 4 is 23.5 Å². The summed E-state index contributed by atoms with van der Waals surface area (Å²) in [5.41, 5.74) is 0.708. The Hall–Kier alpha value is -1.55. The molecule has 0 aliphatic rings. The van der Waals surface area contributed by atoms with Gasteiger partial charge >= 0.3 is 5.97 Å². The quantitative estimate of drug-likeness (QED) is 0.723. The highest BCUT2D eigenvalue weighted by Gasteiger charge is 2.13. The zero-order valence-electron chi connectivity index (χ0n) is 8.60. The minimum absolute atomic E-state index is 0.0685. The van der Waals surface area contributed by atoms with Gasteiger partial charge in [-0.2, -0.15) is 0 Å². The molecule has 86 valence electrons. The minimum Gasteiger partial charge on any atom is -0.546 e. The normalized spacial score (nSPS) is 11.9. The van der Waals surface area contributed by atoms with Crippen molar-refractivity contribution in [3.8, 4) is 0 Å². The summed E-state index contributed by atoms with van der Waals surface area (Å²) >= 11 is 5.68. The lowest BCUT2D eigenvalue weighted by Gasteiger charge is -2.17. The molecule has 0 aromatic heterocycles. The van der Waals surface area contributed by atoms with E-state index in [1.807, 2.05) is 0 Å². The van der Waals surface area contributed by atoms with E-state index in [1.165, 1.54) is 0 Å². The molecule has 0 aliphatic carbocycles. The first kappa shape index (κ1) is 12.5. The summed E-state index contributed by atoms with van der Waals surface area (Å²) in [6.45, 7) is 1.15. The third kappa shape index (κ3) is 3.90. The second-order valence-corrected chi connectivity index (χ2v) is 3.68. The lowest BCUT2D eigenvalue weighted by Crippen LogP contribution is -2.39. The lowest BCUT2D eigenvalue weighted by molar-refractivity contribution is -0.315. The van der Waals surface area contributed by atoms with E-state index in [9.17, 15) is 14.7 Å². The van der Waals surface area contributed by atoms with E-state index in [2.05, 4.69) is 4.74 Å². The van der Waals surface area contributed by atoms with Crippen LogP contribution in [0.15, 0.2) is 24.3 Å². The number of carboxylic acids is 1. The van der Waals surface area contributed by atoms with Gasteiger partial charge in [0, 0.05) is 18.4 Å². The molecule has 1 rings (SSSR count). The second-order valence-electron chi connectivity index (χ2n) is 3.25. The van der Waals surface area contributed by atoms with Gasteiger partial charge in [0.15, 0.2) is 0 Å². The number of halogens is 1. The summed E-state index contributed by atoms with van der Waals surface area (Å²) in [5.74, 6) is -2.06. The summed E-state index contributed by atoms with van der Waals surface area (Å²) in [5, 5.41) is 11.2. The van der Waals surface area contributed by atoms with Crippen LogP contribution < -0.4 is 5.11 Å². The van der Waals surface area contributed by atoms with Crippen LogP contribution in [-0.2, 0) is 20.7 Å². The average Bonchev–Trinajstić information content (AvgIpc) is 2.19. The highest BCUT2D eigenvalue weighted by atomic mass is 35.5. The minimum atomic E-state index is -1.41. The summed E-state index contributed by atoms with van der Waals surface area (Å²) < 4.78 is 4.61. The fourth-order valence-electron chi connectivity index (χ4n) is 1.21. The molecule has 0 heterocycles. The SMILES string of the molecule is CC(=O)OC(Cc1ccc(Cl)cc1)C(=O)[O-]. The Kier molecular flexibility index (Phi) is 4.31. The smallest absolute Gasteiger partial charge is 0.303 e. The van der Waals surface area contributed by atoms with Gasteiger partial charge in [0.1, 0.15) is 6.10 Å². The number of ether oxygens (including phenoxy) is 1. The van der Waals surface area contributed by atoms with Crippen molar-refractivity contribution in [2.24, 2.45) is 0 Å². The molecule has 0 aliphatic heterocycles. The summed E-state index contributed by atoms with van der Waals surface area (Å²) in [7, 11) is 0. The Morgan fingerprint density at radius 2 is 1.94 bits per heavy atom. The zero-order valence-corrected chi connectivity index (χ0v) is 9.36. The first-order chi connectivity index (χ1) is 7.49. The fraction of sp³-hybridized carbons (Fsp3) is 0.273. The average molecular weight is 242 g/mol. The van der Waals surface area contributed by atoms with Gasteiger partial charge in [-0.15, -0.1) is 0 Å². The standard InChI is InChI=1S/C11H11ClO4/c1-7(13)16-10(11(14)15)6-8-2-4-9(12)5-3-8/h2-5,10H,6H2,1H3,(H,14,15)/p-1. The van der Waals surface area contributed by atoms with Crippen LogP contribution in [0.1, 0.15) is 12.5 Å². The Bertz CT molecular complexity index is 385. The van der Waals surface area contributed by atoms with Crippen molar-refractivity contribution in [1.29, 1.82) is 0 Å². The molecule has 0 saturated heterocycles. The third-order valence-electron chi connectivity index (χ3n) is 1.91. The zero-order chi connectivity index (χ0) is 12.1. The van der Waals surface area contributed by atoms with Crippen molar-refractivity contribution < 1.29 is 19.4 Å². The van der Waals surface area contributed by atoms with Crippen LogP contribution in [0.25, 0.3) is 0 Å². The van der Waals surface area contributed by atoms with Crippen molar-refractivity contribution in [3.63, 3.8) is 0 Å². The van der Waals surface area contributed by atoms with Crippen molar-refractivity contribution in [2.75, 3.05) is 0 Å². The summed E-state index contributed by atoms with van der Waals surface area (Å²) in [6.07, 6.45) is -1.20. The molecule has 1 atom stereocenters. The Balaban J connectivity index is 2.71. The van der Waals surface area contributed by atoms with Gasteiger partial charge in [-0.05, 0) is 17.7 Å². The maximum atomic E-state index is 10.7. The van der Waals surface area contributed by atoms with Gasteiger partial charge in [0.05, 0.1) is 5.97 Å². The molecule has 4 nitrogen and oxygen atoms in total. The van der Waals surface area contributed by atoms with E-state index in [0.717, 1.165) is 6.92 Å². The number of benzene rings is 1. The molecular weight excluding hydrogens is 232 g/mol. The van der Waals surface area contributed by atoms with Gasteiger partial charge in [-0.1, -0.05) is 23.7 Å². The van der Waals surface area contributed by atoms with E-state index >= 15 is 0 Å². The van der Waals surface area contributed by atoms with Crippen molar-refractivity contribution in [1.82, 2.24) is 0 Å². The van der Waals surface area contributed by atoms with Crippen molar-refractivity contribution in [2.45, 2.75) is 19.4 Å². The van der Waals surface area contributed by atoms with E-state index in [0.29, 0.717) is 10.6 Å². The molecule has 16 heavy (non-hydrogen) atoms. The predicted octanol–water partition coefficient (Wildman–Crippen LogP) is 0.564. The maximum absolute atomic E-state index is 10.7. The molecule has 0 amide bonds. The molecular formula is C11H10ClO4-. The number of esters is 1. The molecule has 0 saturated carbocycles. The Morgan fingerprint density at radius 1 is 1.38 bits per heavy atom. The summed E-state index contributed by atoms with van der Waals surface area (Å²) in [4.78, 5) is 21.4. The van der Waals surface area contributed by atoms with Gasteiger partial charge in [-0.25, -0.2) is 0 Å². The number of carboxylic acid groups (broad SMARTS) is 1. The first-order valence-electron chi connectivity index (χ1n) is 4.61. The van der Waals surface area contributed by atoms with Gasteiger partial charge in [0.25, 0.3) is 0 Å². The number of aliphatic carboxylic acids is 1. The van der Waals surface area contributed by atoms with Crippen molar-refractivity contribution in [3.05, 3.63) is 34.9 Å². The molecule has 0 radical (unpaired) electrons. The fourth-order valence-corrected chi connectivity index (χ4v) is 1.33. The third-order valence-corrected chi connectivity index (χ3v) is 2.16. The Labute approximate surface area is 97.8 Å². The van der Waals surface area contributed by atoms with E-state index in [-0.39, 0.29) is 6.42 Å². The van der Waals surface area contributed by atoms with E-state index in [4.69, 9.17) is 11.6 Å². The number of rotatable bonds is 4. The van der Waals surface area contributed by atoms with Gasteiger partial charge in [0.2, 0.25) is 0 Å². The maximum Gasteiger partial charge on any atom is 0.303 e. The molecule has 0 N–H and O–H groups in total. The first-order valence-corrected chi connectivity index (χ1v) is 4.99. The number of hydrogen-bond donors (Lipinski definition) is 0. The molecule has 0 spiro atoms. The van der Waals surface area contributed by atoms with Gasteiger partial charge in [-0.3, -0.25) is 4.79 Å². The van der Waals surface area contributed by atoms with Crippen LogP contribution in [0.5, 0.6) is 0 Å². The molecule has 0 bridgehead atoms. The number of hydrogen-bond acceptors (Lipinski definition) is 4. The van der Waals surface area contributed by atoms with Crippen LogP contribution in [0.3, 0.4) is 0 Å². The van der Waals surface area contributed by atoms with E-state index in [1.54, 1.807) is 24.3 Å². The monoisotopic (exact) mass is 241 g/mol. The largest absolute Gasteiger partial charge is 0.546 e. The lowest BCUT2D eigenvalue weighted by atomic mass is 10.1. The summed E-state index contributed by atoms with van der Waals surface area (Å²) in [6, 6.07) is 6.61. The van der Waals surface area contributed by atoms with Crippen LogP contribution in [0.4, 0.5) is 0 Å². The Morgan fingerprint density at radius 3 is 2.38 bits per heavy atom. The molecule has 1 unspecified atom stereocenters. The van der Waals surface area contributed by atoms with Gasteiger partial charge < -0.3 is 14.6 Å². The van der Waals surface area contributed by atoms with Crippen LogP contribution in [-0.4, -0.2) is 18.0 Å². The second kappa shape index (κ2) is 5.51. The van der Waals surface area contributed by atoms with E-state index < -0.39 is 18.0 Å². The van der Waals surface area contributed by atoms with Crippen LogP contribution in [0, 0.1) is 0 Å². The van der Waals surface area contributed by atoms with Crippen LogP contribution >= 0.6 is 11.6 Å². The highest BCUT2D eigenvalue weighted by Crippen LogP contribution is 2.12. The predicted molar refractivity (Wildman–Crippen MR) is 55.7 cm³/mol. The molecule has 1 aromatic carbocycles.